The van der Waals surface area contributed by atoms with Crippen molar-refractivity contribution in [3.63, 3.8) is 0 Å². The summed E-state index contributed by atoms with van der Waals surface area (Å²) in [4.78, 5) is 6.77. The Kier molecular flexibility index (Phi) is 9.35. The molecular formula is C25H36N4O3. The van der Waals surface area contributed by atoms with Crippen LogP contribution in [0.2, 0.25) is 0 Å². The van der Waals surface area contributed by atoms with Crippen LogP contribution in [0.4, 0.5) is 5.69 Å². The Labute approximate surface area is 191 Å². The summed E-state index contributed by atoms with van der Waals surface area (Å²) in [6.45, 7) is 3.55. The second kappa shape index (κ2) is 12.7. The number of hydrogen-bond donors (Lipinski definition) is 2. The number of rotatable bonds is 10. The molecule has 2 aromatic rings. The zero-order chi connectivity index (χ0) is 22.6. The third kappa shape index (κ3) is 7.25. The molecular weight excluding hydrogens is 404 g/mol. The van der Waals surface area contributed by atoms with Crippen LogP contribution in [0.3, 0.4) is 0 Å². The molecule has 1 saturated heterocycles. The standard InChI is InChI=1S/C25H36N4O3/c1-26-25(27-13-7-8-16-32-22-9-5-4-6-10-22)28-20-11-14-29(15-12-20)21-17-23(30-2)19-24(18-21)31-3/h4-6,9-10,17-20H,7-8,11-16H2,1-3H3,(H2,26,27,28). The first-order valence-corrected chi connectivity index (χ1v) is 11.3. The monoisotopic (exact) mass is 440 g/mol. The van der Waals surface area contributed by atoms with E-state index in [0.29, 0.717) is 6.04 Å². The van der Waals surface area contributed by atoms with Gasteiger partial charge < -0.3 is 29.7 Å². The van der Waals surface area contributed by atoms with E-state index in [0.717, 1.165) is 80.8 Å². The van der Waals surface area contributed by atoms with Gasteiger partial charge in [0.25, 0.3) is 0 Å². The number of para-hydroxylation sites is 1. The van der Waals surface area contributed by atoms with Gasteiger partial charge in [0.2, 0.25) is 0 Å². The van der Waals surface area contributed by atoms with Gasteiger partial charge in [0.1, 0.15) is 17.2 Å². The lowest BCUT2D eigenvalue weighted by molar-refractivity contribution is 0.307. The molecule has 0 aromatic heterocycles. The van der Waals surface area contributed by atoms with E-state index in [9.17, 15) is 0 Å². The number of anilines is 1. The molecule has 0 radical (unpaired) electrons. The van der Waals surface area contributed by atoms with Crippen LogP contribution in [0.25, 0.3) is 0 Å². The topological polar surface area (TPSA) is 67.4 Å². The first kappa shape index (κ1) is 23.6. The van der Waals surface area contributed by atoms with Gasteiger partial charge in [-0.15, -0.1) is 0 Å². The maximum Gasteiger partial charge on any atom is 0.191 e. The van der Waals surface area contributed by atoms with Gasteiger partial charge in [0.15, 0.2) is 5.96 Å². The number of hydrogen-bond acceptors (Lipinski definition) is 5. The lowest BCUT2D eigenvalue weighted by Crippen LogP contribution is -2.48. The van der Waals surface area contributed by atoms with E-state index < -0.39 is 0 Å². The van der Waals surface area contributed by atoms with Gasteiger partial charge in [-0.25, -0.2) is 0 Å². The lowest BCUT2D eigenvalue weighted by atomic mass is 10.0. The molecule has 2 N–H and O–H groups in total. The minimum absolute atomic E-state index is 0.409. The Morgan fingerprint density at radius 3 is 2.28 bits per heavy atom. The van der Waals surface area contributed by atoms with Crippen LogP contribution in [0.15, 0.2) is 53.5 Å². The van der Waals surface area contributed by atoms with Crippen molar-refractivity contribution in [2.24, 2.45) is 4.99 Å². The van der Waals surface area contributed by atoms with Crippen molar-refractivity contribution in [3.05, 3.63) is 48.5 Å². The summed E-state index contributed by atoms with van der Waals surface area (Å²) in [7, 11) is 5.19. The van der Waals surface area contributed by atoms with E-state index in [1.165, 1.54) is 0 Å². The fourth-order valence-electron chi connectivity index (χ4n) is 3.79. The number of guanidine groups is 1. The first-order valence-electron chi connectivity index (χ1n) is 11.3. The van der Waals surface area contributed by atoms with E-state index in [1.807, 2.05) is 43.4 Å². The molecule has 0 aliphatic carbocycles. The average molecular weight is 441 g/mol. The molecule has 1 heterocycles. The van der Waals surface area contributed by atoms with Crippen molar-refractivity contribution < 1.29 is 14.2 Å². The number of nitrogens with one attached hydrogen (secondary N) is 2. The van der Waals surface area contributed by atoms with E-state index >= 15 is 0 Å². The van der Waals surface area contributed by atoms with Gasteiger partial charge >= 0.3 is 0 Å². The number of unbranched alkanes of at least 4 members (excludes halogenated alkanes) is 1. The summed E-state index contributed by atoms with van der Waals surface area (Å²) in [6.07, 6.45) is 4.13. The number of ether oxygens (including phenoxy) is 3. The summed E-state index contributed by atoms with van der Waals surface area (Å²) >= 11 is 0. The second-order valence-corrected chi connectivity index (χ2v) is 7.84. The molecule has 1 fully saturated rings. The zero-order valence-electron chi connectivity index (χ0n) is 19.5. The lowest BCUT2D eigenvalue weighted by Gasteiger charge is -2.34. The summed E-state index contributed by atoms with van der Waals surface area (Å²) in [5.41, 5.74) is 1.14. The van der Waals surface area contributed by atoms with Crippen LogP contribution in [-0.2, 0) is 0 Å². The van der Waals surface area contributed by atoms with Gasteiger partial charge in [0.05, 0.1) is 20.8 Å². The maximum atomic E-state index is 5.74. The molecule has 1 aliphatic heterocycles. The highest BCUT2D eigenvalue weighted by molar-refractivity contribution is 5.80. The highest BCUT2D eigenvalue weighted by atomic mass is 16.5. The normalized spacial score (nSPS) is 14.7. The SMILES string of the molecule is CN=C(NCCCCOc1ccccc1)NC1CCN(c2cc(OC)cc(OC)c2)CC1. The molecule has 0 atom stereocenters. The van der Waals surface area contributed by atoms with Crippen LogP contribution < -0.4 is 29.7 Å². The van der Waals surface area contributed by atoms with Crippen molar-refractivity contribution in [2.75, 3.05) is 52.4 Å². The Hall–Kier alpha value is -3.09. The molecule has 174 valence electrons. The molecule has 3 rings (SSSR count). The molecule has 0 bridgehead atoms. The van der Waals surface area contributed by atoms with E-state index in [4.69, 9.17) is 14.2 Å². The van der Waals surface area contributed by atoms with Crippen LogP contribution in [0.1, 0.15) is 25.7 Å². The van der Waals surface area contributed by atoms with Crippen molar-refractivity contribution >= 4 is 11.6 Å². The van der Waals surface area contributed by atoms with Gasteiger partial charge in [-0.2, -0.15) is 0 Å². The Balaban J connectivity index is 1.35. The largest absolute Gasteiger partial charge is 0.497 e. The van der Waals surface area contributed by atoms with Crippen molar-refractivity contribution in [2.45, 2.75) is 31.7 Å². The van der Waals surface area contributed by atoms with Crippen LogP contribution in [0, 0.1) is 0 Å². The van der Waals surface area contributed by atoms with E-state index in [2.05, 4.69) is 32.7 Å². The number of aliphatic imine (C=N–C) groups is 1. The second-order valence-electron chi connectivity index (χ2n) is 7.84. The Morgan fingerprint density at radius 2 is 1.66 bits per heavy atom. The quantitative estimate of drug-likeness (QED) is 0.334. The minimum atomic E-state index is 0.409. The summed E-state index contributed by atoms with van der Waals surface area (Å²) in [6, 6.07) is 16.4. The molecule has 0 saturated carbocycles. The van der Waals surface area contributed by atoms with Crippen LogP contribution in [0.5, 0.6) is 17.2 Å². The molecule has 7 nitrogen and oxygen atoms in total. The fourth-order valence-corrected chi connectivity index (χ4v) is 3.79. The minimum Gasteiger partial charge on any atom is -0.497 e. The van der Waals surface area contributed by atoms with Crippen molar-refractivity contribution in [3.8, 4) is 17.2 Å². The Bertz CT molecular complexity index is 814. The van der Waals surface area contributed by atoms with Crippen molar-refractivity contribution in [1.29, 1.82) is 0 Å². The van der Waals surface area contributed by atoms with Gasteiger partial charge in [-0.05, 0) is 37.8 Å². The number of methoxy groups -OCH3 is 2. The molecule has 2 aromatic carbocycles. The van der Waals surface area contributed by atoms with Crippen LogP contribution >= 0.6 is 0 Å². The van der Waals surface area contributed by atoms with E-state index in [-0.39, 0.29) is 0 Å². The van der Waals surface area contributed by atoms with Crippen LogP contribution in [-0.4, -0.2) is 59.5 Å². The smallest absolute Gasteiger partial charge is 0.191 e. The molecule has 1 aliphatic rings. The molecule has 0 amide bonds. The molecule has 32 heavy (non-hydrogen) atoms. The molecule has 0 unspecified atom stereocenters. The third-order valence-electron chi connectivity index (χ3n) is 5.64. The number of nitrogens with zero attached hydrogens (tertiary/aromatic N) is 2. The maximum absolute atomic E-state index is 5.74. The van der Waals surface area contributed by atoms with Gasteiger partial charge in [0, 0.05) is 56.6 Å². The molecule has 7 heteroatoms. The summed E-state index contributed by atoms with van der Waals surface area (Å²) in [5.74, 6) is 3.43. The summed E-state index contributed by atoms with van der Waals surface area (Å²) in [5, 5.41) is 7.00. The average Bonchev–Trinajstić information content (AvgIpc) is 2.86. The van der Waals surface area contributed by atoms with Gasteiger partial charge in [-0.3, -0.25) is 4.99 Å². The first-order chi connectivity index (χ1) is 15.7. The predicted molar refractivity (Wildman–Crippen MR) is 130 cm³/mol. The zero-order valence-corrected chi connectivity index (χ0v) is 19.5. The fraction of sp³-hybridized carbons (Fsp3) is 0.480. The van der Waals surface area contributed by atoms with E-state index in [1.54, 1.807) is 14.2 Å². The summed E-state index contributed by atoms with van der Waals surface area (Å²) < 4.78 is 16.6. The highest BCUT2D eigenvalue weighted by Crippen LogP contribution is 2.30. The number of benzene rings is 2. The third-order valence-corrected chi connectivity index (χ3v) is 5.64. The predicted octanol–water partition coefficient (Wildman–Crippen LogP) is 3.70. The highest BCUT2D eigenvalue weighted by Gasteiger charge is 2.21. The van der Waals surface area contributed by atoms with Crippen molar-refractivity contribution in [1.82, 2.24) is 10.6 Å². The van der Waals surface area contributed by atoms with Gasteiger partial charge in [-0.1, -0.05) is 18.2 Å². The Morgan fingerprint density at radius 1 is 0.969 bits per heavy atom. The number of piperidine rings is 1. The molecule has 0 spiro atoms.